The van der Waals surface area contributed by atoms with Crippen molar-refractivity contribution in [1.29, 1.82) is 0 Å². The molecular formula is C12H14O3. The zero-order valence-corrected chi connectivity index (χ0v) is 8.73. The largest absolute Gasteiger partial charge is 0.323 e. The molecule has 1 aromatic carbocycles. The molecule has 3 nitrogen and oxygen atoms in total. The highest BCUT2D eigenvalue weighted by Gasteiger charge is 2.46. The number of hydrogen-bond donors (Lipinski definition) is 0. The Hall–Kier alpha value is -0.900. The molecule has 1 aromatic rings. The minimum Gasteiger partial charge on any atom is -0.323 e. The van der Waals surface area contributed by atoms with Crippen LogP contribution in [-0.4, -0.2) is 19.8 Å². The zero-order chi connectivity index (χ0) is 10.3. The zero-order valence-electron chi connectivity index (χ0n) is 8.73. The van der Waals surface area contributed by atoms with Crippen LogP contribution >= 0.6 is 0 Å². The Labute approximate surface area is 89.0 Å². The molecule has 3 saturated heterocycles. The second kappa shape index (κ2) is 3.30. The Morgan fingerprint density at radius 1 is 1.07 bits per heavy atom. The van der Waals surface area contributed by atoms with Crippen LogP contribution in [0.4, 0.5) is 0 Å². The molecule has 3 aliphatic rings. The van der Waals surface area contributed by atoms with E-state index in [0.29, 0.717) is 5.92 Å². The van der Waals surface area contributed by atoms with Gasteiger partial charge in [0.2, 0.25) is 0 Å². The Morgan fingerprint density at radius 2 is 1.67 bits per heavy atom. The lowest BCUT2D eigenvalue weighted by Crippen LogP contribution is -2.52. The molecule has 3 heterocycles. The van der Waals surface area contributed by atoms with Gasteiger partial charge in [0.05, 0.1) is 19.8 Å². The third-order valence-electron chi connectivity index (χ3n) is 3.00. The maximum atomic E-state index is 5.69. The summed E-state index contributed by atoms with van der Waals surface area (Å²) < 4.78 is 17.1. The summed E-state index contributed by atoms with van der Waals surface area (Å²) in [5, 5.41) is 0. The second-order valence-corrected chi connectivity index (χ2v) is 4.17. The molecule has 3 aliphatic heterocycles. The van der Waals surface area contributed by atoms with Gasteiger partial charge in [-0.3, -0.25) is 0 Å². The third-order valence-corrected chi connectivity index (χ3v) is 3.00. The van der Waals surface area contributed by atoms with Gasteiger partial charge in [-0.25, -0.2) is 0 Å². The van der Waals surface area contributed by atoms with E-state index in [0.717, 1.165) is 30.9 Å². The van der Waals surface area contributed by atoms with E-state index < -0.39 is 5.97 Å². The van der Waals surface area contributed by atoms with Crippen LogP contribution in [0.5, 0.6) is 0 Å². The minimum atomic E-state index is -0.930. The van der Waals surface area contributed by atoms with Crippen molar-refractivity contribution in [1.82, 2.24) is 0 Å². The monoisotopic (exact) mass is 206 g/mol. The lowest BCUT2D eigenvalue weighted by atomic mass is 10.0. The second-order valence-electron chi connectivity index (χ2n) is 4.17. The van der Waals surface area contributed by atoms with Crippen molar-refractivity contribution in [3.63, 3.8) is 0 Å². The standard InChI is InChI=1S/C12H14O3/c1-9-4-2-3-5-11(9)12-13-6-10(7-14-12)8-15-12/h2-5,10H,6-8H2,1H3. The van der Waals surface area contributed by atoms with Crippen molar-refractivity contribution in [3.8, 4) is 0 Å². The average molecular weight is 206 g/mol. The lowest BCUT2D eigenvalue weighted by Gasteiger charge is -2.45. The summed E-state index contributed by atoms with van der Waals surface area (Å²) in [4.78, 5) is 0. The average Bonchev–Trinajstić information content (AvgIpc) is 2.32. The van der Waals surface area contributed by atoms with E-state index in [1.807, 2.05) is 31.2 Å². The molecule has 0 saturated carbocycles. The number of hydrogen-bond acceptors (Lipinski definition) is 3. The number of ether oxygens (including phenoxy) is 3. The molecule has 0 unspecified atom stereocenters. The lowest BCUT2D eigenvalue weighted by molar-refractivity contribution is -0.460. The maximum Gasteiger partial charge on any atom is 0.312 e. The van der Waals surface area contributed by atoms with E-state index in [4.69, 9.17) is 14.2 Å². The molecule has 0 N–H and O–H groups in total. The first-order valence-electron chi connectivity index (χ1n) is 5.28. The summed E-state index contributed by atoms with van der Waals surface area (Å²) in [6.07, 6.45) is 0. The Bertz CT molecular complexity index is 353. The van der Waals surface area contributed by atoms with Crippen LogP contribution < -0.4 is 0 Å². The van der Waals surface area contributed by atoms with E-state index in [-0.39, 0.29) is 0 Å². The molecule has 80 valence electrons. The quantitative estimate of drug-likeness (QED) is 0.701. The first-order valence-corrected chi connectivity index (χ1v) is 5.28. The highest BCUT2D eigenvalue weighted by molar-refractivity contribution is 5.29. The smallest absolute Gasteiger partial charge is 0.312 e. The molecule has 0 aromatic heterocycles. The van der Waals surface area contributed by atoms with Gasteiger partial charge in [0, 0.05) is 11.5 Å². The van der Waals surface area contributed by atoms with Gasteiger partial charge in [-0.1, -0.05) is 24.3 Å². The molecule has 0 spiro atoms. The summed E-state index contributed by atoms with van der Waals surface area (Å²) in [5.41, 5.74) is 2.13. The highest BCUT2D eigenvalue weighted by Crippen LogP contribution is 2.39. The van der Waals surface area contributed by atoms with Crippen LogP contribution in [0.15, 0.2) is 24.3 Å². The van der Waals surface area contributed by atoms with Gasteiger partial charge < -0.3 is 14.2 Å². The number of fused-ring (bicyclic) bond motifs is 3. The van der Waals surface area contributed by atoms with Crippen LogP contribution in [0.25, 0.3) is 0 Å². The van der Waals surface area contributed by atoms with Gasteiger partial charge in [-0.2, -0.15) is 0 Å². The van der Waals surface area contributed by atoms with Gasteiger partial charge in [0.15, 0.2) is 0 Å². The van der Waals surface area contributed by atoms with Crippen LogP contribution in [0.3, 0.4) is 0 Å². The summed E-state index contributed by atoms with van der Waals surface area (Å²) in [7, 11) is 0. The van der Waals surface area contributed by atoms with E-state index in [2.05, 4.69) is 0 Å². The van der Waals surface area contributed by atoms with Crippen molar-refractivity contribution in [2.45, 2.75) is 12.9 Å². The van der Waals surface area contributed by atoms with Gasteiger partial charge in [0.1, 0.15) is 0 Å². The fourth-order valence-corrected chi connectivity index (χ4v) is 2.10. The summed E-state index contributed by atoms with van der Waals surface area (Å²) in [6.45, 7) is 4.23. The first-order chi connectivity index (χ1) is 7.30. The Morgan fingerprint density at radius 3 is 2.27 bits per heavy atom. The van der Waals surface area contributed by atoms with Crippen molar-refractivity contribution in [2.75, 3.05) is 19.8 Å². The number of rotatable bonds is 1. The minimum absolute atomic E-state index is 0.399. The topological polar surface area (TPSA) is 27.7 Å². The fourth-order valence-electron chi connectivity index (χ4n) is 2.10. The van der Waals surface area contributed by atoms with Gasteiger partial charge in [-0.05, 0) is 12.5 Å². The molecule has 4 rings (SSSR count). The van der Waals surface area contributed by atoms with E-state index in [9.17, 15) is 0 Å². The summed E-state index contributed by atoms with van der Waals surface area (Å²) in [6, 6.07) is 8.03. The van der Waals surface area contributed by atoms with Gasteiger partial charge in [0.25, 0.3) is 0 Å². The molecule has 15 heavy (non-hydrogen) atoms. The normalized spacial score (nSPS) is 34.3. The third kappa shape index (κ3) is 1.39. The van der Waals surface area contributed by atoms with Crippen LogP contribution in [-0.2, 0) is 20.2 Å². The molecule has 3 fully saturated rings. The van der Waals surface area contributed by atoms with Crippen LogP contribution in [0.1, 0.15) is 11.1 Å². The van der Waals surface area contributed by atoms with Gasteiger partial charge >= 0.3 is 5.97 Å². The molecule has 0 aliphatic carbocycles. The molecule has 3 heteroatoms. The van der Waals surface area contributed by atoms with Crippen molar-refractivity contribution < 1.29 is 14.2 Å². The molecule has 0 radical (unpaired) electrons. The number of aryl methyl sites for hydroxylation is 1. The van der Waals surface area contributed by atoms with E-state index in [1.165, 1.54) is 0 Å². The fraction of sp³-hybridized carbons (Fsp3) is 0.500. The predicted molar refractivity (Wildman–Crippen MR) is 54.2 cm³/mol. The van der Waals surface area contributed by atoms with E-state index in [1.54, 1.807) is 0 Å². The molecule has 2 bridgehead atoms. The maximum absolute atomic E-state index is 5.69. The summed E-state index contributed by atoms with van der Waals surface area (Å²) >= 11 is 0. The van der Waals surface area contributed by atoms with Crippen molar-refractivity contribution in [3.05, 3.63) is 35.4 Å². The highest BCUT2D eigenvalue weighted by atomic mass is 16.9. The summed E-state index contributed by atoms with van der Waals surface area (Å²) in [5.74, 6) is -0.531. The van der Waals surface area contributed by atoms with E-state index >= 15 is 0 Å². The molecule has 0 amide bonds. The molecule has 0 atom stereocenters. The van der Waals surface area contributed by atoms with Crippen molar-refractivity contribution >= 4 is 0 Å². The molecular weight excluding hydrogens is 192 g/mol. The van der Waals surface area contributed by atoms with Crippen LogP contribution in [0.2, 0.25) is 0 Å². The van der Waals surface area contributed by atoms with Gasteiger partial charge in [-0.15, -0.1) is 0 Å². The Kier molecular flexibility index (Phi) is 2.06. The number of benzene rings is 1. The first kappa shape index (κ1) is 9.33. The SMILES string of the molecule is Cc1ccccc1C12OCC(CO1)CO2. The van der Waals surface area contributed by atoms with Crippen molar-refractivity contribution in [2.24, 2.45) is 5.92 Å². The Balaban J connectivity index is 2.01. The van der Waals surface area contributed by atoms with Crippen LogP contribution in [0, 0.1) is 12.8 Å². The predicted octanol–water partition coefficient (Wildman–Crippen LogP) is 1.80.